The standard InChI is InChI=1S/C27H29N7O4/c1-5-34-22-15-18(10-11-20(22)24(32-34)26(36)38-4)30-25(35)19-8-6-7-9-21(19)29-16-17-12-13-28-23(14-17)31-27(37)33(2)3/h6-15,29H,5,16H2,1-4H3,(H,30,35)(H,28,31,37). The Hall–Kier alpha value is -4.93. The number of aryl methyl sites for hydroxylation is 1. The minimum absolute atomic E-state index is 0.234. The number of hydrogen-bond acceptors (Lipinski definition) is 7. The van der Waals surface area contributed by atoms with Crippen LogP contribution in [0.25, 0.3) is 10.9 Å². The summed E-state index contributed by atoms with van der Waals surface area (Å²) in [7, 11) is 4.62. The van der Waals surface area contributed by atoms with Crippen LogP contribution >= 0.6 is 0 Å². The fraction of sp³-hybridized carbons (Fsp3) is 0.222. The zero-order chi connectivity index (χ0) is 27.2. The summed E-state index contributed by atoms with van der Waals surface area (Å²) < 4.78 is 6.53. The number of nitrogens with one attached hydrogen (secondary N) is 3. The number of ether oxygens (including phenoxy) is 1. The molecular formula is C27H29N7O4. The lowest BCUT2D eigenvalue weighted by Gasteiger charge is -2.14. The zero-order valence-corrected chi connectivity index (χ0v) is 21.6. The molecule has 0 saturated carbocycles. The molecule has 4 rings (SSSR count). The number of rotatable bonds is 8. The van der Waals surface area contributed by atoms with Crippen molar-refractivity contribution in [1.82, 2.24) is 19.7 Å². The van der Waals surface area contributed by atoms with Gasteiger partial charge in [0.25, 0.3) is 5.91 Å². The van der Waals surface area contributed by atoms with Crippen LogP contribution in [-0.4, -0.2) is 58.8 Å². The Morgan fingerprint density at radius 1 is 1.03 bits per heavy atom. The number of fused-ring (bicyclic) bond motifs is 1. The lowest BCUT2D eigenvalue weighted by atomic mass is 10.1. The van der Waals surface area contributed by atoms with E-state index >= 15 is 0 Å². The van der Waals surface area contributed by atoms with Crippen molar-refractivity contribution in [3.8, 4) is 0 Å². The molecule has 0 aliphatic rings. The second-order valence-corrected chi connectivity index (χ2v) is 8.62. The van der Waals surface area contributed by atoms with E-state index in [0.29, 0.717) is 46.7 Å². The minimum atomic E-state index is -0.514. The van der Waals surface area contributed by atoms with E-state index in [-0.39, 0.29) is 17.6 Å². The van der Waals surface area contributed by atoms with Crippen LogP contribution in [0.4, 0.5) is 22.0 Å². The summed E-state index contributed by atoms with van der Waals surface area (Å²) in [5.41, 5.74) is 3.50. The monoisotopic (exact) mass is 515 g/mol. The normalized spacial score (nSPS) is 10.6. The highest BCUT2D eigenvalue weighted by atomic mass is 16.5. The number of hydrogen-bond donors (Lipinski definition) is 3. The number of carbonyl (C=O) groups excluding carboxylic acids is 3. The molecule has 4 aromatic rings. The second-order valence-electron chi connectivity index (χ2n) is 8.62. The first-order valence-electron chi connectivity index (χ1n) is 12.0. The predicted octanol–water partition coefficient (Wildman–Crippen LogP) is 4.20. The van der Waals surface area contributed by atoms with Gasteiger partial charge in [0.15, 0.2) is 5.69 Å². The number of para-hydroxylation sites is 1. The van der Waals surface area contributed by atoms with Gasteiger partial charge in [0.05, 0.1) is 18.2 Å². The van der Waals surface area contributed by atoms with E-state index in [1.807, 2.05) is 25.1 Å². The van der Waals surface area contributed by atoms with Gasteiger partial charge in [-0.15, -0.1) is 0 Å². The molecule has 0 fully saturated rings. The molecule has 0 aliphatic heterocycles. The maximum absolute atomic E-state index is 13.2. The second kappa shape index (κ2) is 11.4. The fourth-order valence-electron chi connectivity index (χ4n) is 3.85. The Bertz CT molecular complexity index is 1500. The van der Waals surface area contributed by atoms with E-state index < -0.39 is 5.97 Å². The molecule has 2 aromatic heterocycles. The first kappa shape index (κ1) is 26.1. The van der Waals surface area contributed by atoms with Crippen LogP contribution in [0.2, 0.25) is 0 Å². The van der Waals surface area contributed by atoms with E-state index in [1.54, 1.807) is 61.4 Å². The van der Waals surface area contributed by atoms with Crippen molar-refractivity contribution in [3.05, 3.63) is 77.6 Å². The number of esters is 1. The Morgan fingerprint density at radius 3 is 2.55 bits per heavy atom. The highest BCUT2D eigenvalue weighted by Gasteiger charge is 2.18. The molecule has 0 spiro atoms. The quantitative estimate of drug-likeness (QED) is 0.300. The summed E-state index contributed by atoms with van der Waals surface area (Å²) in [4.78, 5) is 42.8. The molecule has 0 bridgehead atoms. The molecule has 0 radical (unpaired) electrons. The molecule has 3 amide bonds. The third-order valence-electron chi connectivity index (χ3n) is 5.81. The maximum Gasteiger partial charge on any atom is 0.359 e. The van der Waals surface area contributed by atoms with Crippen LogP contribution in [0, 0.1) is 0 Å². The van der Waals surface area contributed by atoms with E-state index in [9.17, 15) is 14.4 Å². The molecule has 38 heavy (non-hydrogen) atoms. The first-order chi connectivity index (χ1) is 18.3. The van der Waals surface area contributed by atoms with Gasteiger partial charge in [-0.3, -0.25) is 14.8 Å². The Morgan fingerprint density at radius 2 is 1.82 bits per heavy atom. The third kappa shape index (κ3) is 5.72. The van der Waals surface area contributed by atoms with Crippen molar-refractivity contribution in [3.63, 3.8) is 0 Å². The molecule has 2 heterocycles. The van der Waals surface area contributed by atoms with Crippen LogP contribution < -0.4 is 16.0 Å². The first-order valence-corrected chi connectivity index (χ1v) is 12.0. The highest BCUT2D eigenvalue weighted by Crippen LogP contribution is 2.25. The summed E-state index contributed by atoms with van der Waals surface area (Å²) in [5, 5.41) is 13.9. The number of amides is 3. The van der Waals surface area contributed by atoms with Crippen molar-refractivity contribution < 1.29 is 19.1 Å². The summed E-state index contributed by atoms with van der Waals surface area (Å²) in [6.07, 6.45) is 1.61. The molecule has 0 saturated heterocycles. The number of carbonyl (C=O) groups is 3. The van der Waals surface area contributed by atoms with Crippen LogP contribution in [-0.2, 0) is 17.8 Å². The molecule has 11 heteroatoms. The third-order valence-corrected chi connectivity index (χ3v) is 5.81. The summed E-state index contributed by atoms with van der Waals surface area (Å²) in [5.74, 6) is -0.372. The van der Waals surface area contributed by atoms with Gasteiger partial charge in [0.2, 0.25) is 0 Å². The molecule has 3 N–H and O–H groups in total. The Labute approximate surface area is 219 Å². The van der Waals surface area contributed by atoms with E-state index in [1.165, 1.54) is 12.0 Å². The molecule has 0 unspecified atom stereocenters. The van der Waals surface area contributed by atoms with Gasteiger partial charge < -0.3 is 20.3 Å². The van der Waals surface area contributed by atoms with E-state index in [2.05, 4.69) is 26.0 Å². The molecular weight excluding hydrogens is 486 g/mol. The van der Waals surface area contributed by atoms with Crippen LogP contribution in [0.5, 0.6) is 0 Å². The van der Waals surface area contributed by atoms with Gasteiger partial charge in [-0.1, -0.05) is 12.1 Å². The van der Waals surface area contributed by atoms with Crippen LogP contribution in [0.15, 0.2) is 60.8 Å². The summed E-state index contributed by atoms with van der Waals surface area (Å²) in [6.45, 7) is 2.88. The van der Waals surface area contributed by atoms with Crippen molar-refractivity contribution >= 4 is 46.0 Å². The SMILES string of the molecule is CCn1nc(C(=O)OC)c2ccc(NC(=O)c3ccccc3NCc3ccnc(NC(=O)N(C)C)c3)cc21. The van der Waals surface area contributed by atoms with Crippen molar-refractivity contribution in [2.24, 2.45) is 0 Å². The van der Waals surface area contributed by atoms with Gasteiger partial charge >= 0.3 is 12.0 Å². The molecule has 0 aliphatic carbocycles. The van der Waals surface area contributed by atoms with Crippen LogP contribution in [0.3, 0.4) is 0 Å². The molecule has 196 valence electrons. The topological polar surface area (TPSA) is 130 Å². The largest absolute Gasteiger partial charge is 0.464 e. The van der Waals surface area contributed by atoms with Crippen molar-refractivity contribution in [2.45, 2.75) is 20.0 Å². The smallest absolute Gasteiger partial charge is 0.359 e. The Balaban J connectivity index is 1.50. The average Bonchev–Trinajstić information content (AvgIpc) is 3.29. The Kier molecular flexibility index (Phi) is 7.86. The lowest BCUT2D eigenvalue weighted by molar-refractivity contribution is 0.0595. The zero-order valence-electron chi connectivity index (χ0n) is 21.6. The number of pyridine rings is 1. The maximum atomic E-state index is 13.2. The fourth-order valence-corrected chi connectivity index (χ4v) is 3.85. The molecule has 0 atom stereocenters. The molecule has 2 aromatic carbocycles. The number of urea groups is 1. The van der Waals surface area contributed by atoms with Crippen molar-refractivity contribution in [2.75, 3.05) is 37.2 Å². The number of benzene rings is 2. The van der Waals surface area contributed by atoms with Gasteiger partial charge in [-0.05, 0) is 55.0 Å². The summed E-state index contributed by atoms with van der Waals surface area (Å²) >= 11 is 0. The number of methoxy groups -OCH3 is 1. The highest BCUT2D eigenvalue weighted by molar-refractivity contribution is 6.09. The van der Waals surface area contributed by atoms with E-state index in [4.69, 9.17) is 4.74 Å². The number of aromatic nitrogens is 3. The summed E-state index contributed by atoms with van der Waals surface area (Å²) in [6, 6.07) is 15.8. The van der Waals surface area contributed by atoms with Gasteiger partial charge in [-0.2, -0.15) is 5.10 Å². The van der Waals surface area contributed by atoms with Gasteiger partial charge in [0, 0.05) is 50.1 Å². The van der Waals surface area contributed by atoms with Gasteiger partial charge in [-0.25, -0.2) is 14.6 Å². The number of nitrogens with zero attached hydrogens (tertiary/aromatic N) is 4. The average molecular weight is 516 g/mol. The predicted molar refractivity (Wildman–Crippen MR) is 145 cm³/mol. The van der Waals surface area contributed by atoms with Crippen LogP contribution in [0.1, 0.15) is 33.3 Å². The molecule has 11 nitrogen and oxygen atoms in total. The minimum Gasteiger partial charge on any atom is -0.464 e. The van der Waals surface area contributed by atoms with Gasteiger partial charge in [0.1, 0.15) is 5.82 Å². The van der Waals surface area contributed by atoms with E-state index in [0.717, 1.165) is 5.56 Å². The van der Waals surface area contributed by atoms with Crippen molar-refractivity contribution in [1.29, 1.82) is 0 Å². The lowest BCUT2D eigenvalue weighted by Crippen LogP contribution is -2.27. The number of anilines is 3.